The molecule has 0 N–H and O–H groups in total. The van der Waals surface area contributed by atoms with Gasteiger partial charge in [0.1, 0.15) is 0 Å². The van der Waals surface area contributed by atoms with Crippen molar-refractivity contribution in [3.05, 3.63) is 241 Å². The van der Waals surface area contributed by atoms with Crippen LogP contribution in [0.25, 0.3) is 60.2 Å². The average molecular weight is 781 g/mol. The molecule has 60 heavy (non-hydrogen) atoms. The zero-order valence-electron chi connectivity index (χ0n) is 32.6. The second kappa shape index (κ2) is 12.8. The van der Waals surface area contributed by atoms with E-state index < -0.39 is 5.41 Å². The van der Waals surface area contributed by atoms with Gasteiger partial charge in [-0.25, -0.2) is 0 Å². The summed E-state index contributed by atoms with van der Waals surface area (Å²) in [5.74, 6) is 0. The molecule has 1 aliphatic heterocycles. The molecular weight excluding hydrogens is 745 g/mol. The van der Waals surface area contributed by atoms with Crippen LogP contribution in [-0.2, 0) is 5.41 Å². The maximum Gasteiger partial charge on any atom is 0.0735 e. The molecule has 13 rings (SSSR count). The number of benzene rings is 10. The van der Waals surface area contributed by atoms with E-state index in [9.17, 15) is 0 Å². The van der Waals surface area contributed by atoms with Gasteiger partial charge in [0.2, 0.25) is 0 Å². The second-order valence-corrected chi connectivity index (χ2v) is 17.1. The summed E-state index contributed by atoms with van der Waals surface area (Å²) < 4.78 is 2.45. The summed E-state index contributed by atoms with van der Waals surface area (Å²) in [6.07, 6.45) is 0. The molecule has 0 saturated heterocycles. The molecule has 10 aromatic carbocycles. The first kappa shape index (κ1) is 33.6. The van der Waals surface area contributed by atoms with E-state index >= 15 is 0 Å². The average Bonchev–Trinajstić information content (AvgIpc) is 3.64. The number of anilines is 3. The van der Waals surface area contributed by atoms with Crippen LogP contribution in [0, 0.1) is 0 Å². The normalized spacial score (nSPS) is 13.4. The summed E-state index contributed by atoms with van der Waals surface area (Å²) in [5.41, 5.74) is 14.4. The molecule has 1 spiro atoms. The molecule has 2 nitrogen and oxygen atoms in total. The molecular formula is C57H36N2S. The Morgan fingerprint density at radius 3 is 1.83 bits per heavy atom. The van der Waals surface area contributed by atoms with E-state index in [-0.39, 0.29) is 0 Å². The number of hydrogen-bond donors (Lipinski definition) is 0. The van der Waals surface area contributed by atoms with Crippen molar-refractivity contribution in [2.24, 2.45) is 0 Å². The molecule has 280 valence electrons. The minimum absolute atomic E-state index is 0.486. The van der Waals surface area contributed by atoms with Crippen molar-refractivity contribution in [2.45, 2.75) is 15.2 Å². The lowest BCUT2D eigenvalue weighted by atomic mass is 9.59. The third-order valence-electron chi connectivity index (χ3n) is 13.0. The van der Waals surface area contributed by atoms with E-state index in [1.807, 2.05) is 11.8 Å². The van der Waals surface area contributed by atoms with E-state index in [4.69, 9.17) is 0 Å². The number of rotatable bonds is 4. The Bertz CT molecular complexity index is 3490. The quantitative estimate of drug-likeness (QED) is 0.176. The molecule has 0 atom stereocenters. The smallest absolute Gasteiger partial charge is 0.0735 e. The fraction of sp³-hybridized carbons (Fsp3) is 0.0175. The van der Waals surface area contributed by atoms with Crippen LogP contribution in [0.3, 0.4) is 0 Å². The van der Waals surface area contributed by atoms with Crippen molar-refractivity contribution in [3.63, 3.8) is 0 Å². The number of hydrogen-bond acceptors (Lipinski definition) is 2. The predicted molar refractivity (Wildman–Crippen MR) is 252 cm³/mol. The molecule has 0 radical (unpaired) electrons. The van der Waals surface area contributed by atoms with Crippen molar-refractivity contribution in [1.29, 1.82) is 0 Å². The van der Waals surface area contributed by atoms with Crippen molar-refractivity contribution in [1.82, 2.24) is 4.57 Å². The van der Waals surface area contributed by atoms with E-state index in [1.54, 1.807) is 0 Å². The lowest BCUT2D eigenvalue weighted by Crippen LogP contribution is -2.36. The highest BCUT2D eigenvalue weighted by molar-refractivity contribution is 7.99. The van der Waals surface area contributed by atoms with Crippen LogP contribution < -0.4 is 4.90 Å². The van der Waals surface area contributed by atoms with E-state index in [0.29, 0.717) is 0 Å². The fourth-order valence-corrected chi connectivity index (χ4v) is 11.8. The Morgan fingerprint density at radius 2 is 1.00 bits per heavy atom. The highest BCUT2D eigenvalue weighted by atomic mass is 32.2. The highest BCUT2D eigenvalue weighted by Gasteiger charge is 2.48. The third-order valence-corrected chi connectivity index (χ3v) is 14.2. The van der Waals surface area contributed by atoms with Gasteiger partial charge in [0.05, 0.1) is 27.8 Å². The lowest BCUT2D eigenvalue weighted by Gasteiger charge is -2.46. The second-order valence-electron chi connectivity index (χ2n) is 16.0. The van der Waals surface area contributed by atoms with Gasteiger partial charge in [-0.1, -0.05) is 169 Å². The first-order valence-corrected chi connectivity index (χ1v) is 21.5. The van der Waals surface area contributed by atoms with Crippen molar-refractivity contribution in [3.8, 4) is 16.8 Å². The minimum atomic E-state index is -0.486. The van der Waals surface area contributed by atoms with Gasteiger partial charge in [-0.3, -0.25) is 0 Å². The molecule has 2 heterocycles. The Morgan fingerprint density at radius 1 is 0.383 bits per heavy atom. The number of para-hydroxylation sites is 2. The van der Waals surface area contributed by atoms with Crippen molar-refractivity contribution >= 4 is 72.2 Å². The Balaban J connectivity index is 1.10. The summed E-state index contributed by atoms with van der Waals surface area (Å²) >= 11 is 1.89. The monoisotopic (exact) mass is 780 g/mol. The van der Waals surface area contributed by atoms with Gasteiger partial charge in [-0.05, 0) is 105 Å². The van der Waals surface area contributed by atoms with Gasteiger partial charge < -0.3 is 9.47 Å². The molecule has 0 bridgehead atoms. The zero-order valence-corrected chi connectivity index (χ0v) is 33.4. The van der Waals surface area contributed by atoms with Gasteiger partial charge >= 0.3 is 0 Å². The van der Waals surface area contributed by atoms with Gasteiger partial charge in [0.25, 0.3) is 0 Å². The summed E-state index contributed by atoms with van der Waals surface area (Å²) in [6, 6.07) is 81.1. The topological polar surface area (TPSA) is 8.17 Å². The zero-order chi connectivity index (χ0) is 39.4. The predicted octanol–water partition coefficient (Wildman–Crippen LogP) is 15.4. The van der Waals surface area contributed by atoms with Crippen LogP contribution in [0.1, 0.15) is 22.3 Å². The molecule has 0 fully saturated rings. The van der Waals surface area contributed by atoms with Crippen LogP contribution in [-0.4, -0.2) is 4.57 Å². The van der Waals surface area contributed by atoms with Gasteiger partial charge in [-0.2, -0.15) is 0 Å². The summed E-state index contributed by atoms with van der Waals surface area (Å²) in [7, 11) is 0. The van der Waals surface area contributed by atoms with Gasteiger partial charge in [0, 0.05) is 42.7 Å². The standard InChI is InChI=1S/C57H36N2S/c1-2-18-38(19-3-1)58(39-32-34-53-45(36-39)42-22-7-11-28-51(42)59(53)50-29-14-17-37-16-4-5-20-40(37)50)52-35-33-43-41-21-6-8-24-46(41)57(49-27-15-23-44(52)56(43)49)47-25-9-12-30-54(47)60-55-31-13-10-26-48(55)57/h1-36H. The van der Waals surface area contributed by atoms with E-state index in [2.05, 4.69) is 228 Å². The summed E-state index contributed by atoms with van der Waals surface area (Å²) in [4.78, 5) is 5.09. The van der Waals surface area contributed by atoms with Crippen molar-refractivity contribution < 1.29 is 0 Å². The van der Waals surface area contributed by atoms with Crippen LogP contribution >= 0.6 is 11.8 Å². The largest absolute Gasteiger partial charge is 0.310 e. The molecule has 1 aliphatic carbocycles. The molecule has 0 amide bonds. The highest BCUT2D eigenvalue weighted by Crippen LogP contribution is 2.62. The van der Waals surface area contributed by atoms with Crippen LogP contribution in [0.4, 0.5) is 17.1 Å². The fourth-order valence-electron chi connectivity index (χ4n) is 10.7. The Labute approximate surface area is 352 Å². The van der Waals surface area contributed by atoms with Crippen LogP contribution in [0.15, 0.2) is 228 Å². The molecule has 1 aromatic heterocycles. The molecule has 3 heteroatoms. The Hall–Kier alpha value is -7.33. The molecule has 0 unspecified atom stereocenters. The van der Waals surface area contributed by atoms with Crippen LogP contribution in [0.5, 0.6) is 0 Å². The first-order valence-electron chi connectivity index (χ1n) is 20.7. The summed E-state index contributed by atoms with van der Waals surface area (Å²) in [6.45, 7) is 0. The SMILES string of the molecule is c1ccc(N(c2ccc3c(c2)c2ccccc2n3-c2cccc3ccccc23)c2ccc3c4c(cccc24)C2(c4ccccc4Sc4ccccc42)c2ccccc2-3)cc1. The number of nitrogens with zero attached hydrogens (tertiary/aromatic N) is 2. The molecule has 2 aliphatic rings. The lowest BCUT2D eigenvalue weighted by molar-refractivity contribution is 0.707. The summed E-state index contributed by atoms with van der Waals surface area (Å²) in [5, 5.41) is 7.47. The Kier molecular flexibility index (Phi) is 7.19. The van der Waals surface area contributed by atoms with Crippen LogP contribution in [0.2, 0.25) is 0 Å². The maximum atomic E-state index is 2.47. The first-order chi connectivity index (χ1) is 29.8. The van der Waals surface area contributed by atoms with E-state index in [1.165, 1.54) is 92.2 Å². The van der Waals surface area contributed by atoms with E-state index in [0.717, 1.165) is 17.1 Å². The minimum Gasteiger partial charge on any atom is -0.310 e. The molecule has 0 saturated carbocycles. The number of aromatic nitrogens is 1. The van der Waals surface area contributed by atoms with Crippen molar-refractivity contribution in [2.75, 3.05) is 4.90 Å². The van der Waals surface area contributed by atoms with Gasteiger partial charge in [-0.15, -0.1) is 0 Å². The molecule has 11 aromatic rings. The maximum absolute atomic E-state index is 2.47. The number of fused-ring (bicyclic) bond motifs is 12. The van der Waals surface area contributed by atoms with Gasteiger partial charge in [0.15, 0.2) is 0 Å². The third kappa shape index (κ3) is 4.55.